The predicted octanol–water partition coefficient (Wildman–Crippen LogP) is 3.00. The molecule has 0 aliphatic heterocycles. The van der Waals surface area contributed by atoms with E-state index in [2.05, 4.69) is 4.98 Å². The van der Waals surface area contributed by atoms with Crippen molar-refractivity contribution in [2.24, 2.45) is 0 Å². The van der Waals surface area contributed by atoms with Gasteiger partial charge in [-0.05, 0) is 36.8 Å². The van der Waals surface area contributed by atoms with E-state index in [0.29, 0.717) is 0 Å². The molecule has 3 aromatic rings. The van der Waals surface area contributed by atoms with Crippen LogP contribution in [0.5, 0.6) is 0 Å². The highest BCUT2D eigenvalue weighted by atomic mass is 32.1. The molecule has 3 nitrogen and oxygen atoms in total. The minimum absolute atomic E-state index is 0.0640. The number of hydrogen-bond donors (Lipinski definition) is 1. The summed E-state index contributed by atoms with van der Waals surface area (Å²) in [4.78, 5) is 6.20. The van der Waals surface area contributed by atoms with E-state index in [4.69, 9.17) is 0 Å². The second kappa shape index (κ2) is 4.19. The molecule has 0 bridgehead atoms. The number of aromatic nitrogens is 2. The van der Waals surface area contributed by atoms with Gasteiger partial charge in [0.2, 0.25) is 0 Å². The molecule has 3 rings (SSSR count). The molecular weight excluding hydrogens is 251 g/mol. The number of nitrogens with zero attached hydrogens (tertiary/aromatic N) is 2. The second-order valence-corrected chi connectivity index (χ2v) is 5.22. The Labute approximate surface area is 107 Å². The summed E-state index contributed by atoms with van der Waals surface area (Å²) in [6.45, 7) is 1.94. The van der Waals surface area contributed by atoms with Gasteiger partial charge in [-0.15, -0.1) is 11.3 Å². The lowest BCUT2D eigenvalue weighted by molar-refractivity contribution is 0.276. The summed E-state index contributed by atoms with van der Waals surface area (Å²) < 4.78 is 14.9. The molecule has 1 aromatic carbocycles. The first kappa shape index (κ1) is 11.4. The molecule has 0 atom stereocenters. The molecule has 1 N–H and O–H groups in total. The lowest BCUT2D eigenvalue weighted by Gasteiger charge is -2.04. The Morgan fingerprint density at radius 2 is 2.06 bits per heavy atom. The summed E-state index contributed by atoms with van der Waals surface area (Å²) in [5.41, 5.74) is 2.64. The monoisotopic (exact) mass is 262 g/mol. The quantitative estimate of drug-likeness (QED) is 0.771. The van der Waals surface area contributed by atoms with Crippen LogP contribution in [-0.4, -0.2) is 14.5 Å². The van der Waals surface area contributed by atoms with Crippen molar-refractivity contribution in [3.8, 4) is 11.3 Å². The number of halogens is 1. The zero-order valence-electron chi connectivity index (χ0n) is 9.72. The van der Waals surface area contributed by atoms with E-state index in [-0.39, 0.29) is 12.4 Å². The molecular formula is C13H11FN2OS. The van der Waals surface area contributed by atoms with Gasteiger partial charge in [-0.1, -0.05) is 0 Å². The van der Waals surface area contributed by atoms with Gasteiger partial charge in [-0.3, -0.25) is 4.40 Å². The molecule has 0 aliphatic rings. The Morgan fingerprint density at radius 3 is 2.72 bits per heavy atom. The third-order valence-corrected chi connectivity index (χ3v) is 3.85. The SMILES string of the molecule is Cc1sc2ncc(CO)n2c1-c1ccc(F)cc1. The largest absolute Gasteiger partial charge is 0.390 e. The Bertz CT molecular complexity index is 700. The number of benzene rings is 1. The molecule has 0 unspecified atom stereocenters. The van der Waals surface area contributed by atoms with Crippen molar-refractivity contribution in [2.75, 3.05) is 0 Å². The number of aliphatic hydroxyl groups excluding tert-OH is 1. The van der Waals surface area contributed by atoms with Crippen molar-refractivity contribution >= 4 is 16.3 Å². The van der Waals surface area contributed by atoms with E-state index in [1.807, 2.05) is 11.3 Å². The van der Waals surface area contributed by atoms with Gasteiger partial charge in [0, 0.05) is 4.88 Å². The molecule has 2 aromatic heterocycles. The molecule has 0 radical (unpaired) electrons. The Hall–Kier alpha value is -1.72. The second-order valence-electron chi connectivity index (χ2n) is 4.04. The number of imidazole rings is 1. The molecule has 92 valence electrons. The lowest BCUT2D eigenvalue weighted by Crippen LogP contribution is -1.94. The van der Waals surface area contributed by atoms with Gasteiger partial charge in [-0.25, -0.2) is 9.37 Å². The Kier molecular flexibility index (Phi) is 2.65. The van der Waals surface area contributed by atoms with Gasteiger partial charge in [0.15, 0.2) is 4.96 Å². The van der Waals surface area contributed by atoms with Crippen LogP contribution >= 0.6 is 11.3 Å². The third kappa shape index (κ3) is 1.63. The molecule has 18 heavy (non-hydrogen) atoms. The maximum atomic E-state index is 13.0. The van der Waals surface area contributed by atoms with Gasteiger partial charge >= 0.3 is 0 Å². The molecule has 0 fully saturated rings. The highest BCUT2D eigenvalue weighted by Crippen LogP contribution is 2.32. The van der Waals surface area contributed by atoms with Crippen LogP contribution in [0.4, 0.5) is 4.39 Å². The molecule has 0 amide bonds. The summed E-state index contributed by atoms with van der Waals surface area (Å²) in [5, 5.41) is 9.33. The summed E-state index contributed by atoms with van der Waals surface area (Å²) in [6, 6.07) is 6.36. The van der Waals surface area contributed by atoms with Crippen molar-refractivity contribution in [3.05, 3.63) is 46.9 Å². The molecule has 2 heterocycles. The number of rotatable bonds is 2. The van der Waals surface area contributed by atoms with Gasteiger partial charge in [-0.2, -0.15) is 0 Å². The van der Waals surface area contributed by atoms with Crippen LogP contribution in [0, 0.1) is 12.7 Å². The van der Waals surface area contributed by atoms with Crippen LogP contribution < -0.4 is 0 Å². The average molecular weight is 262 g/mol. The molecule has 0 aliphatic carbocycles. The van der Waals surface area contributed by atoms with Crippen LogP contribution in [0.2, 0.25) is 0 Å². The third-order valence-electron chi connectivity index (χ3n) is 2.88. The zero-order chi connectivity index (χ0) is 12.7. The number of hydrogen-bond acceptors (Lipinski definition) is 3. The van der Waals surface area contributed by atoms with E-state index < -0.39 is 0 Å². The summed E-state index contributed by atoms with van der Waals surface area (Å²) >= 11 is 1.56. The fourth-order valence-corrected chi connectivity index (χ4v) is 3.06. The molecule has 0 saturated heterocycles. The first-order valence-corrected chi connectivity index (χ1v) is 6.35. The van der Waals surface area contributed by atoms with Crippen LogP contribution in [0.15, 0.2) is 30.5 Å². The predicted molar refractivity (Wildman–Crippen MR) is 69.1 cm³/mol. The van der Waals surface area contributed by atoms with E-state index >= 15 is 0 Å². The summed E-state index contributed by atoms with van der Waals surface area (Å²) in [5.74, 6) is -0.254. The average Bonchev–Trinajstić information content (AvgIpc) is 2.88. The van der Waals surface area contributed by atoms with Crippen molar-refractivity contribution in [3.63, 3.8) is 0 Å². The van der Waals surface area contributed by atoms with Crippen LogP contribution in [-0.2, 0) is 6.61 Å². The summed E-state index contributed by atoms with van der Waals surface area (Å²) in [6.07, 6.45) is 1.66. The fourth-order valence-electron chi connectivity index (χ4n) is 2.07. The highest BCUT2D eigenvalue weighted by molar-refractivity contribution is 7.17. The van der Waals surface area contributed by atoms with Crippen molar-refractivity contribution in [1.29, 1.82) is 0 Å². The van der Waals surface area contributed by atoms with Gasteiger partial charge in [0.25, 0.3) is 0 Å². The Morgan fingerprint density at radius 1 is 1.33 bits per heavy atom. The van der Waals surface area contributed by atoms with E-state index in [1.54, 1.807) is 29.7 Å². The van der Waals surface area contributed by atoms with Gasteiger partial charge in [0.1, 0.15) is 5.82 Å². The fraction of sp³-hybridized carbons (Fsp3) is 0.154. The Balaban J connectivity index is 2.29. The van der Waals surface area contributed by atoms with Crippen molar-refractivity contribution in [1.82, 2.24) is 9.38 Å². The first-order chi connectivity index (χ1) is 8.70. The van der Waals surface area contributed by atoms with Crippen molar-refractivity contribution in [2.45, 2.75) is 13.5 Å². The van der Waals surface area contributed by atoms with Gasteiger partial charge < -0.3 is 5.11 Å². The minimum Gasteiger partial charge on any atom is -0.390 e. The first-order valence-electron chi connectivity index (χ1n) is 5.53. The number of fused-ring (bicyclic) bond motifs is 1. The molecule has 0 spiro atoms. The topological polar surface area (TPSA) is 37.5 Å². The summed E-state index contributed by atoms with van der Waals surface area (Å²) in [7, 11) is 0. The molecule has 0 saturated carbocycles. The number of aliphatic hydroxyl groups is 1. The minimum atomic E-state index is -0.254. The van der Waals surface area contributed by atoms with Gasteiger partial charge in [0.05, 0.1) is 24.2 Å². The zero-order valence-corrected chi connectivity index (χ0v) is 10.5. The van der Waals surface area contributed by atoms with Crippen LogP contribution in [0.1, 0.15) is 10.6 Å². The maximum Gasteiger partial charge on any atom is 0.194 e. The number of aryl methyl sites for hydroxylation is 1. The van der Waals surface area contributed by atoms with Crippen LogP contribution in [0.25, 0.3) is 16.2 Å². The normalized spacial score (nSPS) is 11.3. The smallest absolute Gasteiger partial charge is 0.194 e. The van der Waals surface area contributed by atoms with Crippen molar-refractivity contribution < 1.29 is 9.50 Å². The highest BCUT2D eigenvalue weighted by Gasteiger charge is 2.15. The van der Waals surface area contributed by atoms with E-state index in [1.165, 1.54) is 12.1 Å². The van der Waals surface area contributed by atoms with E-state index in [0.717, 1.165) is 26.8 Å². The molecule has 5 heteroatoms. The lowest BCUT2D eigenvalue weighted by atomic mass is 10.1. The van der Waals surface area contributed by atoms with E-state index in [9.17, 15) is 9.50 Å². The maximum absolute atomic E-state index is 13.0. The standard InChI is InChI=1S/C13H11FN2OS/c1-8-12(9-2-4-10(14)5-3-9)16-11(7-17)6-15-13(16)18-8/h2-6,17H,7H2,1H3. The number of thiazole rings is 1. The van der Waals surface area contributed by atoms with Crippen LogP contribution in [0.3, 0.4) is 0 Å².